The van der Waals surface area contributed by atoms with Crippen LogP contribution >= 0.6 is 0 Å². The van der Waals surface area contributed by atoms with Gasteiger partial charge in [-0.2, -0.15) is 10.4 Å². The molecule has 0 unspecified atom stereocenters. The first-order valence-electron chi connectivity index (χ1n) is 13.0. The maximum atomic E-state index is 10.8. The summed E-state index contributed by atoms with van der Waals surface area (Å²) in [5.41, 5.74) is 2.54. The van der Waals surface area contributed by atoms with Crippen molar-refractivity contribution in [3.63, 3.8) is 0 Å². The highest BCUT2D eigenvalue weighted by atomic mass is 16.3. The first-order valence-corrected chi connectivity index (χ1v) is 13.0. The summed E-state index contributed by atoms with van der Waals surface area (Å²) in [6.45, 7) is 10.5. The Morgan fingerprint density at radius 2 is 1.97 bits per heavy atom. The second kappa shape index (κ2) is 7.73. The SMILES string of the molecule is C[C@@H](Cn1cc(C#N)cn1)[C@H]1CC[C@H]2[C@@H]3CC=C4CC[C@](C)(O)CC[C@]4(C)[C@H]3CC[C@]12C. The summed E-state index contributed by atoms with van der Waals surface area (Å²) >= 11 is 0. The van der Waals surface area contributed by atoms with Crippen molar-refractivity contribution in [1.82, 2.24) is 9.78 Å². The van der Waals surface area contributed by atoms with Crippen molar-refractivity contribution in [2.45, 2.75) is 97.6 Å². The molecule has 4 heteroatoms. The number of fused-ring (bicyclic) bond motifs is 5. The minimum atomic E-state index is -0.494. The van der Waals surface area contributed by atoms with E-state index in [4.69, 9.17) is 5.26 Å². The Hall–Kier alpha value is -1.60. The van der Waals surface area contributed by atoms with Crippen LogP contribution in [-0.2, 0) is 6.54 Å². The van der Waals surface area contributed by atoms with Gasteiger partial charge in [-0.15, -0.1) is 0 Å². The van der Waals surface area contributed by atoms with E-state index in [1.165, 1.54) is 32.1 Å². The lowest BCUT2D eigenvalue weighted by molar-refractivity contribution is -0.0495. The summed E-state index contributed by atoms with van der Waals surface area (Å²) in [5, 5.41) is 24.3. The van der Waals surface area contributed by atoms with Crippen LogP contribution in [0.25, 0.3) is 0 Å². The number of aliphatic hydroxyl groups is 1. The molecule has 3 fully saturated rings. The van der Waals surface area contributed by atoms with Crippen LogP contribution < -0.4 is 0 Å². The molecule has 1 N–H and O–H groups in total. The molecule has 0 bridgehead atoms. The van der Waals surface area contributed by atoms with Gasteiger partial charge in [-0.25, -0.2) is 0 Å². The minimum Gasteiger partial charge on any atom is -0.390 e. The molecule has 4 aliphatic rings. The average molecular weight is 436 g/mol. The summed E-state index contributed by atoms with van der Waals surface area (Å²) < 4.78 is 1.99. The van der Waals surface area contributed by atoms with E-state index < -0.39 is 5.60 Å². The molecular weight excluding hydrogens is 394 g/mol. The molecule has 0 radical (unpaired) electrons. The van der Waals surface area contributed by atoms with Gasteiger partial charge in [0.1, 0.15) is 6.07 Å². The largest absolute Gasteiger partial charge is 0.390 e. The molecule has 1 aromatic heterocycles. The van der Waals surface area contributed by atoms with Gasteiger partial charge in [-0.1, -0.05) is 32.4 Å². The van der Waals surface area contributed by atoms with Crippen LogP contribution in [0.15, 0.2) is 24.0 Å². The Morgan fingerprint density at radius 3 is 2.72 bits per heavy atom. The summed E-state index contributed by atoms with van der Waals surface area (Å²) in [7, 11) is 0. The van der Waals surface area contributed by atoms with E-state index in [0.29, 0.717) is 16.9 Å². The molecule has 0 spiro atoms. The fourth-order valence-electron chi connectivity index (χ4n) is 8.87. The van der Waals surface area contributed by atoms with Crippen molar-refractivity contribution in [1.29, 1.82) is 5.26 Å². The van der Waals surface area contributed by atoms with E-state index in [1.807, 2.05) is 17.8 Å². The second-order valence-corrected chi connectivity index (χ2v) is 12.5. The summed E-state index contributed by atoms with van der Waals surface area (Å²) in [4.78, 5) is 0. The monoisotopic (exact) mass is 435 g/mol. The average Bonchev–Trinajstić information content (AvgIpc) is 3.32. The normalized spacial score (nSPS) is 44.4. The van der Waals surface area contributed by atoms with E-state index in [9.17, 15) is 5.11 Å². The molecule has 0 aromatic carbocycles. The van der Waals surface area contributed by atoms with Crippen LogP contribution in [0.4, 0.5) is 0 Å². The van der Waals surface area contributed by atoms with Gasteiger partial charge in [0.05, 0.1) is 17.4 Å². The van der Waals surface area contributed by atoms with Gasteiger partial charge in [0.2, 0.25) is 0 Å². The van der Waals surface area contributed by atoms with Crippen LogP contribution in [-0.4, -0.2) is 20.5 Å². The third-order valence-corrected chi connectivity index (χ3v) is 10.7. The highest BCUT2D eigenvalue weighted by Crippen LogP contribution is 2.67. The molecule has 1 heterocycles. The van der Waals surface area contributed by atoms with Crippen LogP contribution in [0.2, 0.25) is 0 Å². The molecule has 1 aromatic rings. The molecule has 3 saturated carbocycles. The quantitative estimate of drug-likeness (QED) is 0.583. The number of aromatic nitrogens is 2. The molecule has 0 saturated heterocycles. The number of rotatable bonds is 3. The molecular formula is C28H41N3O. The maximum Gasteiger partial charge on any atom is 0.102 e. The summed E-state index contributed by atoms with van der Waals surface area (Å²) in [6.07, 6.45) is 16.9. The van der Waals surface area contributed by atoms with Gasteiger partial charge in [0, 0.05) is 12.7 Å². The van der Waals surface area contributed by atoms with Crippen LogP contribution in [0.1, 0.15) is 91.0 Å². The zero-order valence-corrected chi connectivity index (χ0v) is 20.5. The molecule has 4 aliphatic carbocycles. The fourth-order valence-corrected chi connectivity index (χ4v) is 8.87. The van der Waals surface area contributed by atoms with Gasteiger partial charge in [-0.3, -0.25) is 4.68 Å². The number of hydrogen-bond donors (Lipinski definition) is 1. The Morgan fingerprint density at radius 1 is 1.16 bits per heavy atom. The molecule has 0 amide bonds. The highest BCUT2D eigenvalue weighted by molar-refractivity contribution is 5.25. The van der Waals surface area contributed by atoms with E-state index >= 15 is 0 Å². The summed E-state index contributed by atoms with van der Waals surface area (Å²) in [6, 6.07) is 2.21. The van der Waals surface area contributed by atoms with E-state index in [1.54, 1.807) is 11.8 Å². The Kier molecular flexibility index (Phi) is 5.36. The van der Waals surface area contributed by atoms with Crippen molar-refractivity contribution in [2.24, 2.45) is 40.4 Å². The van der Waals surface area contributed by atoms with Gasteiger partial charge >= 0.3 is 0 Å². The number of hydrogen-bond acceptors (Lipinski definition) is 3. The molecule has 32 heavy (non-hydrogen) atoms. The van der Waals surface area contributed by atoms with Crippen molar-refractivity contribution in [2.75, 3.05) is 0 Å². The Balaban J connectivity index is 1.36. The van der Waals surface area contributed by atoms with Gasteiger partial charge < -0.3 is 5.11 Å². The third-order valence-electron chi connectivity index (χ3n) is 10.7. The van der Waals surface area contributed by atoms with Crippen LogP contribution in [0.3, 0.4) is 0 Å². The predicted octanol–water partition coefficient (Wildman–Crippen LogP) is 6.11. The van der Waals surface area contributed by atoms with Crippen LogP contribution in [0.5, 0.6) is 0 Å². The van der Waals surface area contributed by atoms with E-state index in [0.717, 1.165) is 55.9 Å². The lowest BCUT2D eigenvalue weighted by atomic mass is 9.48. The highest BCUT2D eigenvalue weighted by Gasteiger charge is 2.59. The van der Waals surface area contributed by atoms with E-state index in [2.05, 4.69) is 38.0 Å². The maximum absolute atomic E-state index is 10.8. The van der Waals surface area contributed by atoms with Crippen molar-refractivity contribution in [3.8, 4) is 6.07 Å². The Labute approximate surface area is 194 Å². The van der Waals surface area contributed by atoms with Crippen LogP contribution in [0, 0.1) is 51.8 Å². The van der Waals surface area contributed by atoms with Crippen molar-refractivity contribution >= 4 is 0 Å². The van der Waals surface area contributed by atoms with Gasteiger partial charge in [0.25, 0.3) is 0 Å². The minimum absolute atomic E-state index is 0.289. The first kappa shape index (κ1) is 22.2. The lowest BCUT2D eigenvalue weighted by Gasteiger charge is -2.57. The molecule has 174 valence electrons. The van der Waals surface area contributed by atoms with Gasteiger partial charge in [0.15, 0.2) is 0 Å². The van der Waals surface area contributed by atoms with Crippen molar-refractivity contribution in [3.05, 3.63) is 29.6 Å². The fraction of sp³-hybridized carbons (Fsp3) is 0.786. The standard InChI is InChI=1S/C28H41N3O/c1-19(17-31-18-20(15-29)16-30-31)23-7-8-24-22-6-5-21-9-11-26(2,32)13-14-27(21,3)25(22)10-12-28(23,24)4/h5,16,18-19,22-25,32H,6-14,17H2,1-4H3/t19-,22-,23+,24-,25-,26-,27-,28+/m0/s1. The Bertz CT molecular complexity index is 939. The predicted molar refractivity (Wildman–Crippen MR) is 127 cm³/mol. The summed E-state index contributed by atoms with van der Waals surface area (Å²) in [5.74, 6) is 3.72. The first-order chi connectivity index (χ1) is 15.2. The zero-order valence-electron chi connectivity index (χ0n) is 20.5. The zero-order chi connectivity index (χ0) is 22.7. The smallest absolute Gasteiger partial charge is 0.102 e. The van der Waals surface area contributed by atoms with Crippen molar-refractivity contribution < 1.29 is 5.11 Å². The number of nitrogens with zero attached hydrogens (tertiary/aromatic N) is 3. The lowest BCUT2D eigenvalue weighted by Crippen LogP contribution is -2.49. The molecule has 0 aliphatic heterocycles. The molecule has 8 atom stereocenters. The number of nitriles is 1. The number of allylic oxidation sites excluding steroid dienone is 2. The van der Waals surface area contributed by atoms with E-state index in [-0.39, 0.29) is 5.41 Å². The molecule has 5 rings (SSSR count). The van der Waals surface area contributed by atoms with Gasteiger partial charge in [-0.05, 0) is 105 Å². The molecule has 4 nitrogen and oxygen atoms in total. The topological polar surface area (TPSA) is 61.8 Å². The third kappa shape index (κ3) is 3.47. The second-order valence-electron chi connectivity index (χ2n) is 12.5.